The van der Waals surface area contributed by atoms with Crippen molar-refractivity contribution in [3.63, 3.8) is 0 Å². The maximum atomic E-state index is 12.1. The predicted molar refractivity (Wildman–Crippen MR) is 84.0 cm³/mol. The second kappa shape index (κ2) is 5.40. The SMILES string of the molecule is Cc1c(C)c2ccc(NC(=O)c3cnccn3)cc2[nH]c1=O. The third kappa shape index (κ3) is 2.46. The summed E-state index contributed by atoms with van der Waals surface area (Å²) in [6.45, 7) is 3.70. The number of hydrogen-bond acceptors (Lipinski definition) is 4. The number of nitrogens with one attached hydrogen (secondary N) is 2. The zero-order valence-corrected chi connectivity index (χ0v) is 12.2. The van der Waals surface area contributed by atoms with Gasteiger partial charge in [-0.3, -0.25) is 14.6 Å². The van der Waals surface area contributed by atoms with Crippen LogP contribution in [0.1, 0.15) is 21.6 Å². The first kappa shape index (κ1) is 13.9. The van der Waals surface area contributed by atoms with Crippen LogP contribution in [0.15, 0.2) is 41.6 Å². The van der Waals surface area contributed by atoms with Gasteiger partial charge in [-0.2, -0.15) is 0 Å². The zero-order chi connectivity index (χ0) is 15.7. The Kier molecular flexibility index (Phi) is 3.42. The number of fused-ring (bicyclic) bond motifs is 1. The fourth-order valence-corrected chi connectivity index (χ4v) is 2.25. The summed E-state index contributed by atoms with van der Waals surface area (Å²) in [5, 5.41) is 3.69. The van der Waals surface area contributed by atoms with Crippen LogP contribution in [0.2, 0.25) is 0 Å². The molecule has 2 N–H and O–H groups in total. The summed E-state index contributed by atoms with van der Waals surface area (Å²) in [6.07, 6.45) is 4.35. The largest absolute Gasteiger partial charge is 0.322 e. The van der Waals surface area contributed by atoms with Crippen molar-refractivity contribution in [2.24, 2.45) is 0 Å². The minimum absolute atomic E-state index is 0.123. The molecule has 1 aromatic carbocycles. The van der Waals surface area contributed by atoms with Gasteiger partial charge in [0, 0.05) is 29.0 Å². The van der Waals surface area contributed by atoms with E-state index in [0.717, 1.165) is 10.9 Å². The minimum atomic E-state index is -0.348. The summed E-state index contributed by atoms with van der Waals surface area (Å²) >= 11 is 0. The molecule has 6 nitrogen and oxygen atoms in total. The molecule has 3 rings (SSSR count). The average molecular weight is 294 g/mol. The van der Waals surface area contributed by atoms with Gasteiger partial charge in [-0.1, -0.05) is 6.07 Å². The highest BCUT2D eigenvalue weighted by Gasteiger charge is 2.09. The maximum absolute atomic E-state index is 12.1. The first-order valence-electron chi connectivity index (χ1n) is 6.77. The van der Waals surface area contributed by atoms with Crippen LogP contribution in [0, 0.1) is 13.8 Å². The fourth-order valence-electron chi connectivity index (χ4n) is 2.25. The van der Waals surface area contributed by atoms with Crippen molar-refractivity contribution < 1.29 is 4.79 Å². The van der Waals surface area contributed by atoms with Crippen LogP contribution in [0.4, 0.5) is 5.69 Å². The smallest absolute Gasteiger partial charge is 0.275 e. The highest BCUT2D eigenvalue weighted by molar-refractivity contribution is 6.03. The summed E-state index contributed by atoms with van der Waals surface area (Å²) in [5.41, 5.74) is 3.01. The summed E-state index contributed by atoms with van der Waals surface area (Å²) in [5.74, 6) is -0.348. The number of aromatic amines is 1. The van der Waals surface area contributed by atoms with Gasteiger partial charge >= 0.3 is 0 Å². The Bertz CT molecular complexity index is 917. The lowest BCUT2D eigenvalue weighted by Gasteiger charge is -2.08. The molecule has 2 heterocycles. The standard InChI is InChI=1S/C16H14N4O2/c1-9-10(2)15(21)20-13-7-11(3-4-12(9)13)19-16(22)14-8-17-5-6-18-14/h3-8H,1-2H3,(H,19,22)(H,20,21). The number of amides is 1. The van der Waals surface area contributed by atoms with Gasteiger partial charge in [0.05, 0.1) is 11.7 Å². The van der Waals surface area contributed by atoms with Crippen molar-refractivity contribution in [1.29, 1.82) is 0 Å². The second-order valence-electron chi connectivity index (χ2n) is 5.01. The number of benzene rings is 1. The minimum Gasteiger partial charge on any atom is -0.322 e. The first-order valence-corrected chi connectivity index (χ1v) is 6.77. The van der Waals surface area contributed by atoms with Crippen LogP contribution in [-0.4, -0.2) is 20.9 Å². The van der Waals surface area contributed by atoms with Gasteiger partial charge in [0.1, 0.15) is 5.69 Å². The number of aromatic nitrogens is 3. The van der Waals surface area contributed by atoms with E-state index in [2.05, 4.69) is 20.3 Å². The Morgan fingerprint density at radius 3 is 2.73 bits per heavy atom. The number of pyridine rings is 1. The maximum Gasteiger partial charge on any atom is 0.275 e. The molecule has 0 radical (unpaired) electrons. The zero-order valence-electron chi connectivity index (χ0n) is 12.2. The molecule has 1 amide bonds. The lowest BCUT2D eigenvalue weighted by Crippen LogP contribution is -2.14. The number of rotatable bonds is 2. The molecule has 0 unspecified atom stereocenters. The lowest BCUT2D eigenvalue weighted by atomic mass is 10.1. The van der Waals surface area contributed by atoms with E-state index in [1.165, 1.54) is 18.6 Å². The van der Waals surface area contributed by atoms with Crippen molar-refractivity contribution in [3.05, 3.63) is 64.0 Å². The molecule has 0 saturated carbocycles. The van der Waals surface area contributed by atoms with E-state index in [9.17, 15) is 9.59 Å². The van der Waals surface area contributed by atoms with Crippen LogP contribution in [0.25, 0.3) is 10.9 Å². The van der Waals surface area contributed by atoms with E-state index in [1.54, 1.807) is 19.1 Å². The quantitative estimate of drug-likeness (QED) is 0.758. The lowest BCUT2D eigenvalue weighted by molar-refractivity contribution is 0.102. The van der Waals surface area contributed by atoms with Crippen LogP contribution in [0.3, 0.4) is 0 Å². The number of carbonyl (C=O) groups excluding carboxylic acids is 1. The topological polar surface area (TPSA) is 87.7 Å². The number of carbonyl (C=O) groups is 1. The van der Waals surface area contributed by atoms with Crippen molar-refractivity contribution in [2.75, 3.05) is 5.32 Å². The normalized spacial score (nSPS) is 10.6. The van der Waals surface area contributed by atoms with Crippen molar-refractivity contribution in [2.45, 2.75) is 13.8 Å². The number of H-pyrrole nitrogens is 1. The van der Waals surface area contributed by atoms with Gasteiger partial charge in [0.15, 0.2) is 0 Å². The Morgan fingerprint density at radius 2 is 2.00 bits per heavy atom. The number of anilines is 1. The van der Waals surface area contributed by atoms with Gasteiger partial charge in [0.2, 0.25) is 0 Å². The van der Waals surface area contributed by atoms with Crippen molar-refractivity contribution in [3.8, 4) is 0 Å². The monoisotopic (exact) mass is 294 g/mol. The number of nitrogens with zero attached hydrogens (tertiary/aromatic N) is 2. The summed E-state index contributed by atoms with van der Waals surface area (Å²) in [6, 6.07) is 5.40. The van der Waals surface area contributed by atoms with Gasteiger partial charge in [-0.15, -0.1) is 0 Å². The van der Waals surface area contributed by atoms with Gasteiger partial charge in [-0.25, -0.2) is 4.98 Å². The molecule has 0 saturated heterocycles. The second-order valence-corrected chi connectivity index (χ2v) is 5.01. The summed E-state index contributed by atoms with van der Waals surface area (Å²) in [4.78, 5) is 34.5. The number of aryl methyl sites for hydroxylation is 1. The molecule has 0 spiro atoms. The van der Waals surface area contributed by atoms with E-state index in [4.69, 9.17) is 0 Å². The molecule has 0 aliphatic rings. The van der Waals surface area contributed by atoms with Crippen molar-refractivity contribution >= 4 is 22.5 Å². The van der Waals surface area contributed by atoms with Crippen LogP contribution in [-0.2, 0) is 0 Å². The summed E-state index contributed by atoms with van der Waals surface area (Å²) in [7, 11) is 0. The number of hydrogen-bond donors (Lipinski definition) is 2. The average Bonchev–Trinajstić information content (AvgIpc) is 2.53. The van der Waals surface area contributed by atoms with Crippen LogP contribution < -0.4 is 10.9 Å². The molecule has 0 aliphatic heterocycles. The first-order chi connectivity index (χ1) is 10.6. The molecule has 0 aliphatic carbocycles. The molecule has 0 atom stereocenters. The van der Waals surface area contributed by atoms with E-state index < -0.39 is 0 Å². The molecule has 3 aromatic rings. The van der Waals surface area contributed by atoms with Gasteiger partial charge in [-0.05, 0) is 31.5 Å². The Hall–Kier alpha value is -3.02. The van der Waals surface area contributed by atoms with Crippen LogP contribution >= 0.6 is 0 Å². The third-order valence-electron chi connectivity index (χ3n) is 3.63. The Morgan fingerprint density at radius 1 is 1.18 bits per heavy atom. The Labute approximate surface area is 126 Å². The van der Waals surface area contributed by atoms with Crippen LogP contribution in [0.5, 0.6) is 0 Å². The molecule has 6 heteroatoms. The highest BCUT2D eigenvalue weighted by atomic mass is 16.2. The van der Waals surface area contributed by atoms with E-state index in [1.807, 2.05) is 13.0 Å². The molecule has 110 valence electrons. The predicted octanol–water partition coefficient (Wildman–Crippen LogP) is 2.19. The molecular formula is C16H14N4O2. The molecule has 22 heavy (non-hydrogen) atoms. The Balaban J connectivity index is 1.98. The fraction of sp³-hybridized carbons (Fsp3) is 0.125. The van der Waals surface area contributed by atoms with Gasteiger partial charge in [0.25, 0.3) is 11.5 Å². The molecule has 0 fully saturated rings. The third-order valence-corrected chi connectivity index (χ3v) is 3.63. The van der Waals surface area contributed by atoms with E-state index >= 15 is 0 Å². The van der Waals surface area contributed by atoms with Gasteiger partial charge < -0.3 is 10.3 Å². The van der Waals surface area contributed by atoms with Crippen molar-refractivity contribution in [1.82, 2.24) is 15.0 Å². The van der Waals surface area contributed by atoms with E-state index in [0.29, 0.717) is 16.8 Å². The summed E-state index contributed by atoms with van der Waals surface area (Å²) < 4.78 is 0. The molecule has 0 bridgehead atoms. The highest BCUT2D eigenvalue weighted by Crippen LogP contribution is 2.21. The molecular weight excluding hydrogens is 280 g/mol. The molecule has 2 aromatic heterocycles. The van der Waals surface area contributed by atoms with E-state index in [-0.39, 0.29) is 17.2 Å².